The smallest absolute Gasteiger partial charge is 0.189 e. The summed E-state index contributed by atoms with van der Waals surface area (Å²) in [6.45, 7) is 3.60. The first-order valence-corrected chi connectivity index (χ1v) is 6.77. The Bertz CT molecular complexity index is 710. The molecule has 21 heavy (non-hydrogen) atoms. The van der Waals surface area contributed by atoms with Crippen molar-refractivity contribution in [1.82, 2.24) is 0 Å². The Balaban J connectivity index is 2.27. The third kappa shape index (κ3) is 3.44. The summed E-state index contributed by atoms with van der Waals surface area (Å²) in [5.41, 5.74) is 2.50. The van der Waals surface area contributed by atoms with E-state index in [1.54, 1.807) is 38.1 Å². The van der Waals surface area contributed by atoms with Gasteiger partial charge in [-0.25, -0.2) is 0 Å². The first kappa shape index (κ1) is 15.1. The average molecular weight is 303 g/mol. The number of hydrogen-bond acceptors (Lipinski definition) is 3. The van der Waals surface area contributed by atoms with Gasteiger partial charge in [0.1, 0.15) is 11.5 Å². The topological polar surface area (TPSA) is 57.5 Å². The number of phenolic OH excluding ortho intramolecular Hbond substituents is 2. The van der Waals surface area contributed by atoms with Crippen LogP contribution in [0.2, 0.25) is 5.02 Å². The molecular weight excluding hydrogens is 288 g/mol. The molecule has 4 heteroatoms. The average Bonchev–Trinajstić information content (AvgIpc) is 2.42. The lowest BCUT2D eigenvalue weighted by atomic mass is 10.0. The second-order valence-electron chi connectivity index (χ2n) is 4.86. The van der Waals surface area contributed by atoms with Crippen LogP contribution in [0.4, 0.5) is 0 Å². The number of phenols is 2. The molecule has 0 aliphatic heterocycles. The monoisotopic (exact) mass is 302 g/mol. The molecule has 0 bridgehead atoms. The molecule has 2 N–H and O–H groups in total. The number of carbonyl (C=O) groups is 1. The van der Waals surface area contributed by atoms with E-state index in [4.69, 9.17) is 11.6 Å². The summed E-state index contributed by atoms with van der Waals surface area (Å²) in [6, 6.07) is 7.94. The number of benzene rings is 2. The van der Waals surface area contributed by atoms with Crippen molar-refractivity contribution in [3.05, 3.63) is 63.7 Å². The van der Waals surface area contributed by atoms with E-state index in [2.05, 4.69) is 0 Å². The summed E-state index contributed by atoms with van der Waals surface area (Å²) in [5, 5.41) is 19.8. The van der Waals surface area contributed by atoms with Crippen LogP contribution in [0.15, 0.2) is 36.4 Å². The van der Waals surface area contributed by atoms with Crippen molar-refractivity contribution in [2.75, 3.05) is 0 Å². The second kappa shape index (κ2) is 6.02. The third-order valence-corrected chi connectivity index (χ3v) is 3.40. The van der Waals surface area contributed by atoms with Gasteiger partial charge in [-0.05, 0) is 66.9 Å². The minimum Gasteiger partial charge on any atom is -0.507 e. The highest BCUT2D eigenvalue weighted by Gasteiger charge is 2.08. The van der Waals surface area contributed by atoms with E-state index >= 15 is 0 Å². The maximum Gasteiger partial charge on any atom is 0.189 e. The number of hydrogen-bond donors (Lipinski definition) is 2. The Labute approximate surface area is 128 Å². The van der Waals surface area contributed by atoms with E-state index < -0.39 is 0 Å². The van der Waals surface area contributed by atoms with Gasteiger partial charge in [0.2, 0.25) is 0 Å². The Hall–Kier alpha value is -2.26. The van der Waals surface area contributed by atoms with Crippen LogP contribution in [-0.4, -0.2) is 16.0 Å². The van der Waals surface area contributed by atoms with Gasteiger partial charge in [-0.3, -0.25) is 4.79 Å². The summed E-state index contributed by atoms with van der Waals surface area (Å²) < 4.78 is 0. The maximum atomic E-state index is 12.0. The molecule has 0 fully saturated rings. The number of aromatic hydroxyl groups is 2. The molecule has 2 aromatic carbocycles. The lowest BCUT2D eigenvalue weighted by Gasteiger charge is -2.05. The highest BCUT2D eigenvalue weighted by molar-refractivity contribution is 6.31. The lowest BCUT2D eigenvalue weighted by molar-refractivity contribution is 0.104. The van der Waals surface area contributed by atoms with Gasteiger partial charge in [0.15, 0.2) is 5.78 Å². The number of ketones is 1. The summed E-state index contributed by atoms with van der Waals surface area (Å²) in [5.74, 6) is -0.198. The van der Waals surface area contributed by atoms with Crippen molar-refractivity contribution in [2.45, 2.75) is 13.8 Å². The first-order chi connectivity index (χ1) is 9.88. The van der Waals surface area contributed by atoms with Crippen molar-refractivity contribution < 1.29 is 15.0 Å². The number of halogens is 1. The molecule has 0 unspecified atom stereocenters. The van der Waals surface area contributed by atoms with Crippen LogP contribution in [-0.2, 0) is 0 Å². The molecule has 2 rings (SSSR count). The van der Waals surface area contributed by atoms with Crippen molar-refractivity contribution in [2.24, 2.45) is 0 Å². The Morgan fingerprint density at radius 1 is 1.10 bits per heavy atom. The van der Waals surface area contributed by atoms with Gasteiger partial charge >= 0.3 is 0 Å². The van der Waals surface area contributed by atoms with Gasteiger partial charge in [0.25, 0.3) is 0 Å². The zero-order chi connectivity index (χ0) is 15.6. The summed E-state index contributed by atoms with van der Waals surface area (Å²) in [7, 11) is 0. The van der Waals surface area contributed by atoms with Gasteiger partial charge in [-0.2, -0.15) is 0 Å². The van der Waals surface area contributed by atoms with Gasteiger partial charge in [0, 0.05) is 5.02 Å². The molecule has 0 aromatic heterocycles. The van der Waals surface area contributed by atoms with Gasteiger partial charge in [-0.15, -0.1) is 0 Å². The van der Waals surface area contributed by atoms with Crippen LogP contribution in [0.3, 0.4) is 0 Å². The maximum absolute atomic E-state index is 12.0. The highest BCUT2D eigenvalue weighted by atomic mass is 35.5. The van der Waals surface area contributed by atoms with Gasteiger partial charge < -0.3 is 10.2 Å². The second-order valence-corrected chi connectivity index (χ2v) is 5.30. The number of carbonyl (C=O) groups excluding carboxylic acids is 1. The molecule has 0 radical (unpaired) electrons. The molecule has 0 spiro atoms. The fraction of sp³-hybridized carbons (Fsp3) is 0.118. The summed E-state index contributed by atoms with van der Waals surface area (Å²) in [6.07, 6.45) is 3.03. The Kier molecular flexibility index (Phi) is 4.34. The van der Waals surface area contributed by atoms with Crippen molar-refractivity contribution in [1.29, 1.82) is 0 Å². The van der Waals surface area contributed by atoms with Crippen LogP contribution in [0.25, 0.3) is 6.08 Å². The molecule has 0 saturated heterocycles. The minimum atomic E-state index is -0.312. The van der Waals surface area contributed by atoms with Crippen molar-refractivity contribution in [3.63, 3.8) is 0 Å². The SMILES string of the molecule is Cc1cc(C=CC(=O)c2ccc(Cl)cc2O)cc(C)c1O. The van der Waals surface area contributed by atoms with Crippen LogP contribution >= 0.6 is 11.6 Å². The zero-order valence-electron chi connectivity index (χ0n) is 11.7. The standard InChI is InChI=1S/C17H15ClO3/c1-10-7-12(8-11(2)17(10)21)3-6-15(19)14-5-4-13(18)9-16(14)20/h3-9,20-21H,1-2H3. The van der Waals surface area contributed by atoms with E-state index in [-0.39, 0.29) is 22.8 Å². The van der Waals surface area contributed by atoms with Crippen molar-refractivity contribution in [3.8, 4) is 11.5 Å². The van der Waals surface area contributed by atoms with Gasteiger partial charge in [0.05, 0.1) is 5.56 Å². The van der Waals surface area contributed by atoms with Crippen molar-refractivity contribution >= 4 is 23.5 Å². The largest absolute Gasteiger partial charge is 0.507 e. The lowest BCUT2D eigenvalue weighted by Crippen LogP contribution is -1.94. The Morgan fingerprint density at radius 2 is 1.71 bits per heavy atom. The molecule has 0 heterocycles. The highest BCUT2D eigenvalue weighted by Crippen LogP contribution is 2.25. The number of rotatable bonds is 3. The molecule has 0 aliphatic carbocycles. The van der Waals surface area contributed by atoms with E-state index in [0.29, 0.717) is 5.02 Å². The zero-order valence-corrected chi connectivity index (χ0v) is 12.5. The fourth-order valence-corrected chi connectivity index (χ4v) is 2.23. The predicted molar refractivity (Wildman–Crippen MR) is 84.1 cm³/mol. The molecule has 0 atom stereocenters. The van der Waals surface area contributed by atoms with Gasteiger partial charge in [-0.1, -0.05) is 17.7 Å². The molecule has 0 aliphatic rings. The number of allylic oxidation sites excluding steroid dienone is 1. The fourth-order valence-electron chi connectivity index (χ4n) is 2.06. The van der Waals surface area contributed by atoms with E-state index in [9.17, 15) is 15.0 Å². The molecule has 2 aromatic rings. The predicted octanol–water partition coefficient (Wildman–Crippen LogP) is 4.26. The molecule has 0 saturated carbocycles. The quantitative estimate of drug-likeness (QED) is 0.658. The minimum absolute atomic E-state index is 0.143. The molecular formula is C17H15ClO3. The molecule has 3 nitrogen and oxygen atoms in total. The van der Waals surface area contributed by atoms with Crippen LogP contribution in [0, 0.1) is 13.8 Å². The van der Waals surface area contributed by atoms with Crippen LogP contribution < -0.4 is 0 Å². The first-order valence-electron chi connectivity index (χ1n) is 6.39. The summed E-state index contributed by atoms with van der Waals surface area (Å²) >= 11 is 5.73. The third-order valence-electron chi connectivity index (χ3n) is 3.17. The van der Waals surface area contributed by atoms with Crippen LogP contribution in [0.1, 0.15) is 27.0 Å². The molecule has 0 amide bonds. The summed E-state index contributed by atoms with van der Waals surface area (Å²) in [4.78, 5) is 12.0. The van der Waals surface area contributed by atoms with Crippen LogP contribution in [0.5, 0.6) is 11.5 Å². The van der Waals surface area contributed by atoms with E-state index in [0.717, 1.165) is 16.7 Å². The molecule has 108 valence electrons. The Morgan fingerprint density at radius 3 is 2.29 bits per heavy atom. The normalized spacial score (nSPS) is 11.0. The van der Waals surface area contributed by atoms with E-state index in [1.165, 1.54) is 18.2 Å². The van der Waals surface area contributed by atoms with E-state index in [1.807, 2.05) is 0 Å². The number of aryl methyl sites for hydroxylation is 2.